The van der Waals surface area contributed by atoms with Crippen LogP contribution >= 0.6 is 0 Å². The molecule has 0 aromatic carbocycles. The van der Waals surface area contributed by atoms with E-state index in [1.807, 2.05) is 20.0 Å². The Morgan fingerprint density at radius 1 is 1.32 bits per heavy atom. The largest absolute Gasteiger partial charge is 0.374 e. The van der Waals surface area contributed by atoms with Gasteiger partial charge in [0.1, 0.15) is 18.2 Å². The molecule has 0 spiro atoms. The van der Waals surface area contributed by atoms with E-state index in [-0.39, 0.29) is 0 Å². The first-order chi connectivity index (χ1) is 9.06. The molecule has 1 rings (SSSR count). The number of rotatable bonds is 8. The van der Waals surface area contributed by atoms with Crippen LogP contribution in [0.1, 0.15) is 19.7 Å². The van der Waals surface area contributed by atoms with Gasteiger partial charge >= 0.3 is 0 Å². The summed E-state index contributed by atoms with van der Waals surface area (Å²) in [7, 11) is 5.97. The molecule has 0 fully saturated rings. The molecule has 1 aromatic heterocycles. The van der Waals surface area contributed by atoms with E-state index in [0.717, 1.165) is 18.2 Å². The molecule has 0 saturated heterocycles. The molecule has 0 radical (unpaired) electrons. The summed E-state index contributed by atoms with van der Waals surface area (Å²) in [6, 6.07) is 2.33. The second kappa shape index (κ2) is 7.91. The molecular formula is C13H25N5O. The fraction of sp³-hybridized carbons (Fsp3) is 0.692. The second-order valence-electron chi connectivity index (χ2n) is 4.64. The highest BCUT2D eigenvalue weighted by Crippen LogP contribution is 2.11. The van der Waals surface area contributed by atoms with Gasteiger partial charge in [-0.2, -0.15) is 0 Å². The van der Waals surface area contributed by atoms with E-state index in [4.69, 9.17) is 4.74 Å². The molecule has 0 bridgehead atoms. The summed E-state index contributed by atoms with van der Waals surface area (Å²) in [6.07, 6.45) is 0. The third-order valence-corrected chi connectivity index (χ3v) is 2.92. The van der Waals surface area contributed by atoms with Crippen molar-refractivity contribution < 1.29 is 4.74 Å². The maximum absolute atomic E-state index is 5.35. The Morgan fingerprint density at radius 3 is 2.58 bits per heavy atom. The van der Waals surface area contributed by atoms with E-state index >= 15 is 0 Å². The molecule has 0 saturated carbocycles. The van der Waals surface area contributed by atoms with E-state index in [1.54, 1.807) is 0 Å². The fourth-order valence-corrected chi connectivity index (χ4v) is 1.41. The van der Waals surface area contributed by atoms with Gasteiger partial charge in [0.25, 0.3) is 0 Å². The lowest BCUT2D eigenvalue weighted by atomic mass is 10.3. The van der Waals surface area contributed by atoms with Crippen LogP contribution in [0.4, 0.5) is 11.6 Å². The summed E-state index contributed by atoms with van der Waals surface area (Å²) in [4.78, 5) is 11.0. The zero-order valence-corrected chi connectivity index (χ0v) is 12.5. The van der Waals surface area contributed by atoms with Crippen molar-refractivity contribution in [3.05, 3.63) is 11.9 Å². The van der Waals surface area contributed by atoms with Crippen molar-refractivity contribution in [2.45, 2.75) is 26.5 Å². The average Bonchev–Trinajstić information content (AvgIpc) is 2.42. The molecule has 0 aliphatic rings. The molecule has 1 atom stereocenters. The maximum atomic E-state index is 5.35. The lowest BCUT2D eigenvalue weighted by Gasteiger charge is -2.20. The van der Waals surface area contributed by atoms with Crippen LogP contribution in [0.2, 0.25) is 0 Å². The summed E-state index contributed by atoms with van der Waals surface area (Å²) in [5.74, 6) is 2.31. The first-order valence-corrected chi connectivity index (χ1v) is 6.60. The standard InChI is InChI=1S/C13H25N5O/c1-6-19-9-13-16-11(14-3)7-12(17-13)15-8-10(2)18(4)5/h7,10H,6,8-9H2,1-5H3,(H2,14,15,16,17). The molecular weight excluding hydrogens is 242 g/mol. The highest BCUT2D eigenvalue weighted by atomic mass is 16.5. The van der Waals surface area contributed by atoms with Crippen molar-refractivity contribution in [3.63, 3.8) is 0 Å². The lowest BCUT2D eigenvalue weighted by Crippen LogP contribution is -2.31. The first-order valence-electron chi connectivity index (χ1n) is 6.60. The number of anilines is 2. The van der Waals surface area contributed by atoms with Crippen LogP contribution in [0.15, 0.2) is 6.07 Å². The molecule has 0 aliphatic carbocycles. The van der Waals surface area contributed by atoms with Gasteiger partial charge in [-0.05, 0) is 27.9 Å². The van der Waals surface area contributed by atoms with Gasteiger partial charge in [0.05, 0.1) is 0 Å². The molecule has 1 unspecified atom stereocenters. The molecule has 1 aromatic rings. The summed E-state index contributed by atoms with van der Waals surface area (Å²) < 4.78 is 5.35. The van der Waals surface area contributed by atoms with E-state index in [2.05, 4.69) is 46.5 Å². The van der Waals surface area contributed by atoms with Crippen molar-refractivity contribution in [2.75, 3.05) is 44.9 Å². The highest BCUT2D eigenvalue weighted by Gasteiger charge is 2.07. The van der Waals surface area contributed by atoms with Crippen molar-refractivity contribution in [1.29, 1.82) is 0 Å². The smallest absolute Gasteiger partial charge is 0.158 e. The van der Waals surface area contributed by atoms with Crippen LogP contribution in [-0.2, 0) is 11.3 Å². The number of nitrogens with zero attached hydrogens (tertiary/aromatic N) is 3. The van der Waals surface area contributed by atoms with E-state index in [1.165, 1.54) is 0 Å². The van der Waals surface area contributed by atoms with Gasteiger partial charge in [-0.3, -0.25) is 0 Å². The van der Waals surface area contributed by atoms with E-state index < -0.39 is 0 Å². The molecule has 0 amide bonds. The molecule has 6 nitrogen and oxygen atoms in total. The molecule has 0 aliphatic heterocycles. The predicted molar refractivity (Wildman–Crippen MR) is 78.5 cm³/mol. The number of hydrogen-bond donors (Lipinski definition) is 2. The number of likely N-dealkylation sites (N-methyl/N-ethyl adjacent to an activating group) is 1. The Bertz CT molecular complexity index is 383. The van der Waals surface area contributed by atoms with Crippen molar-refractivity contribution in [3.8, 4) is 0 Å². The van der Waals surface area contributed by atoms with Crippen molar-refractivity contribution in [1.82, 2.24) is 14.9 Å². The van der Waals surface area contributed by atoms with Crippen molar-refractivity contribution in [2.24, 2.45) is 0 Å². The quantitative estimate of drug-likeness (QED) is 0.743. The minimum absolute atomic E-state index is 0.434. The summed E-state index contributed by atoms with van der Waals surface area (Å²) in [5, 5.41) is 6.37. The minimum atomic E-state index is 0.434. The Morgan fingerprint density at radius 2 is 2.00 bits per heavy atom. The number of aromatic nitrogens is 2. The van der Waals surface area contributed by atoms with Crippen LogP contribution in [0, 0.1) is 0 Å². The second-order valence-corrected chi connectivity index (χ2v) is 4.64. The monoisotopic (exact) mass is 267 g/mol. The molecule has 6 heteroatoms. The van der Waals surface area contributed by atoms with E-state index in [9.17, 15) is 0 Å². The zero-order valence-electron chi connectivity index (χ0n) is 12.5. The number of hydrogen-bond acceptors (Lipinski definition) is 6. The van der Waals surface area contributed by atoms with Crippen LogP contribution in [0.5, 0.6) is 0 Å². The van der Waals surface area contributed by atoms with Crippen LogP contribution in [0.3, 0.4) is 0 Å². The van der Waals surface area contributed by atoms with Gasteiger partial charge in [0.2, 0.25) is 0 Å². The summed E-state index contributed by atoms with van der Waals surface area (Å²) in [6.45, 7) is 6.05. The minimum Gasteiger partial charge on any atom is -0.374 e. The van der Waals surface area contributed by atoms with Gasteiger partial charge in [0, 0.05) is 32.3 Å². The Balaban J connectivity index is 2.70. The van der Waals surface area contributed by atoms with Gasteiger partial charge in [-0.1, -0.05) is 0 Å². The Kier molecular flexibility index (Phi) is 6.52. The van der Waals surface area contributed by atoms with Gasteiger partial charge in [-0.25, -0.2) is 9.97 Å². The molecule has 2 N–H and O–H groups in total. The topological polar surface area (TPSA) is 62.3 Å². The first kappa shape index (κ1) is 15.7. The molecule has 1 heterocycles. The third-order valence-electron chi connectivity index (χ3n) is 2.92. The Hall–Kier alpha value is -1.40. The summed E-state index contributed by atoms with van der Waals surface area (Å²) in [5.41, 5.74) is 0. The van der Waals surface area contributed by atoms with Crippen LogP contribution < -0.4 is 10.6 Å². The Labute approximate surface area is 115 Å². The number of ether oxygens (including phenoxy) is 1. The highest BCUT2D eigenvalue weighted by molar-refractivity contribution is 5.47. The van der Waals surface area contributed by atoms with Gasteiger partial charge in [-0.15, -0.1) is 0 Å². The van der Waals surface area contributed by atoms with Crippen LogP contribution in [-0.4, -0.2) is 55.2 Å². The maximum Gasteiger partial charge on any atom is 0.158 e. The van der Waals surface area contributed by atoms with Gasteiger partial charge in [0.15, 0.2) is 5.82 Å². The fourth-order valence-electron chi connectivity index (χ4n) is 1.41. The normalized spacial score (nSPS) is 12.5. The lowest BCUT2D eigenvalue weighted by molar-refractivity contribution is 0.128. The zero-order chi connectivity index (χ0) is 14.3. The van der Waals surface area contributed by atoms with Crippen molar-refractivity contribution >= 4 is 11.6 Å². The SMILES string of the molecule is CCOCc1nc(NC)cc(NCC(C)N(C)C)n1. The number of nitrogens with one attached hydrogen (secondary N) is 2. The predicted octanol–water partition coefficient (Wildman–Crippen LogP) is 1.42. The van der Waals surface area contributed by atoms with Gasteiger partial charge < -0.3 is 20.3 Å². The average molecular weight is 267 g/mol. The molecule has 108 valence electrons. The molecule has 19 heavy (non-hydrogen) atoms. The summed E-state index contributed by atoms with van der Waals surface area (Å²) >= 11 is 0. The van der Waals surface area contributed by atoms with Crippen LogP contribution in [0.25, 0.3) is 0 Å². The third kappa shape index (κ3) is 5.40. The van der Waals surface area contributed by atoms with E-state index in [0.29, 0.717) is 25.1 Å².